The second-order valence-corrected chi connectivity index (χ2v) is 9.18. The summed E-state index contributed by atoms with van der Waals surface area (Å²) in [4.78, 5) is 11.1. The zero-order chi connectivity index (χ0) is 11.2. The predicted octanol–water partition coefficient (Wildman–Crippen LogP) is 2.99. The molecule has 1 atom stereocenters. The van der Waals surface area contributed by atoms with E-state index in [1.807, 2.05) is 20.8 Å². The van der Waals surface area contributed by atoms with Crippen molar-refractivity contribution in [2.45, 2.75) is 32.9 Å². The van der Waals surface area contributed by atoms with Crippen LogP contribution in [0.4, 0.5) is 0 Å². The first-order chi connectivity index (χ1) is 6.45. The number of carbonyl (C=O) groups excluding carboxylic acids is 1. The standard InChI is InChI=1S/C8H17O3PS2/c1-5-10-12(13,11-6-2)14-8(4)7(3)9/h8H,5-6H2,1-4H3. The molecule has 0 spiro atoms. The summed E-state index contributed by atoms with van der Waals surface area (Å²) in [6.45, 7) is 8.17. The van der Waals surface area contributed by atoms with Crippen molar-refractivity contribution in [1.82, 2.24) is 0 Å². The number of hydrogen-bond acceptors (Lipinski definition) is 5. The average molecular weight is 256 g/mol. The minimum absolute atomic E-state index is 0.101. The van der Waals surface area contributed by atoms with E-state index in [2.05, 4.69) is 0 Å². The molecule has 0 saturated heterocycles. The lowest BCUT2D eigenvalue weighted by atomic mass is 10.3. The molecule has 3 nitrogen and oxygen atoms in total. The van der Waals surface area contributed by atoms with Crippen LogP contribution in [0.25, 0.3) is 0 Å². The highest BCUT2D eigenvalue weighted by Crippen LogP contribution is 2.62. The summed E-state index contributed by atoms with van der Waals surface area (Å²) >= 11 is 6.61. The first-order valence-electron chi connectivity index (χ1n) is 4.53. The molecule has 0 fully saturated rings. The molecule has 0 heterocycles. The van der Waals surface area contributed by atoms with Crippen molar-refractivity contribution >= 4 is 34.7 Å². The van der Waals surface area contributed by atoms with Crippen LogP contribution in [0.15, 0.2) is 0 Å². The third-order valence-corrected chi connectivity index (χ3v) is 7.25. The van der Waals surface area contributed by atoms with Crippen LogP contribution in [-0.4, -0.2) is 24.2 Å². The Morgan fingerprint density at radius 1 is 1.43 bits per heavy atom. The summed E-state index contributed by atoms with van der Waals surface area (Å²) in [5.41, 5.74) is -2.30. The van der Waals surface area contributed by atoms with E-state index in [0.717, 1.165) is 0 Å². The molecule has 0 radical (unpaired) electrons. The summed E-state index contributed by atoms with van der Waals surface area (Å²) in [6.07, 6.45) is 0. The molecule has 0 N–H and O–H groups in total. The van der Waals surface area contributed by atoms with Gasteiger partial charge in [-0.1, -0.05) is 11.4 Å². The van der Waals surface area contributed by atoms with E-state index < -0.39 is 5.69 Å². The van der Waals surface area contributed by atoms with Gasteiger partial charge in [-0.05, 0) is 39.5 Å². The van der Waals surface area contributed by atoms with Gasteiger partial charge < -0.3 is 9.05 Å². The van der Waals surface area contributed by atoms with Gasteiger partial charge >= 0.3 is 0 Å². The SMILES string of the molecule is CCOP(=S)(OCC)SC(C)C(C)=O. The van der Waals surface area contributed by atoms with Gasteiger partial charge in [0.05, 0.1) is 18.5 Å². The third kappa shape index (κ3) is 5.47. The lowest BCUT2D eigenvalue weighted by Crippen LogP contribution is -2.09. The van der Waals surface area contributed by atoms with Crippen molar-refractivity contribution in [3.05, 3.63) is 0 Å². The Bertz CT molecular complexity index is 223. The lowest BCUT2D eigenvalue weighted by molar-refractivity contribution is -0.116. The number of hydrogen-bond donors (Lipinski definition) is 0. The van der Waals surface area contributed by atoms with Crippen molar-refractivity contribution in [1.29, 1.82) is 0 Å². The summed E-state index contributed by atoms with van der Waals surface area (Å²) in [7, 11) is 0. The fourth-order valence-corrected chi connectivity index (χ4v) is 6.45. The molecular formula is C8H17O3PS2. The van der Waals surface area contributed by atoms with Crippen LogP contribution in [0.2, 0.25) is 0 Å². The molecule has 0 aliphatic carbocycles. The zero-order valence-electron chi connectivity index (χ0n) is 8.98. The summed E-state index contributed by atoms with van der Waals surface area (Å²) in [5.74, 6) is 0.101. The topological polar surface area (TPSA) is 35.5 Å². The van der Waals surface area contributed by atoms with Gasteiger partial charge in [0.15, 0.2) is 0 Å². The molecule has 0 aromatic heterocycles. The minimum Gasteiger partial charge on any atom is -0.322 e. The second-order valence-electron chi connectivity index (χ2n) is 2.64. The fourth-order valence-electron chi connectivity index (χ4n) is 0.682. The van der Waals surface area contributed by atoms with Crippen LogP contribution in [0.5, 0.6) is 0 Å². The molecule has 0 amide bonds. The molecule has 6 heteroatoms. The first-order valence-corrected chi connectivity index (χ1v) is 8.65. The third-order valence-electron chi connectivity index (χ3n) is 1.43. The molecule has 0 aromatic carbocycles. The molecular weight excluding hydrogens is 239 g/mol. The number of ketones is 1. The smallest absolute Gasteiger partial charge is 0.248 e. The van der Waals surface area contributed by atoms with Gasteiger partial charge in [-0.3, -0.25) is 4.79 Å². The number of Topliss-reactive ketones (excluding diaryl/α,β-unsaturated/α-hetero) is 1. The Morgan fingerprint density at radius 3 is 2.14 bits per heavy atom. The quantitative estimate of drug-likeness (QED) is 0.654. The summed E-state index contributed by atoms with van der Waals surface area (Å²) in [5, 5.41) is -0.154. The summed E-state index contributed by atoms with van der Waals surface area (Å²) in [6, 6.07) is 0. The van der Waals surface area contributed by atoms with Crippen LogP contribution in [0.3, 0.4) is 0 Å². The Labute approximate surface area is 94.8 Å². The van der Waals surface area contributed by atoms with E-state index >= 15 is 0 Å². The largest absolute Gasteiger partial charge is 0.322 e. The van der Waals surface area contributed by atoms with Crippen LogP contribution in [0.1, 0.15) is 27.7 Å². The highest BCUT2D eigenvalue weighted by atomic mass is 32.9. The molecule has 14 heavy (non-hydrogen) atoms. The molecule has 0 aliphatic heterocycles. The molecule has 0 aromatic rings. The highest BCUT2D eigenvalue weighted by molar-refractivity contribution is 8.68. The van der Waals surface area contributed by atoms with E-state index in [0.29, 0.717) is 13.2 Å². The van der Waals surface area contributed by atoms with Crippen LogP contribution >= 0.6 is 17.1 Å². The minimum atomic E-state index is -2.30. The molecule has 1 unspecified atom stereocenters. The van der Waals surface area contributed by atoms with Crippen LogP contribution < -0.4 is 0 Å². The van der Waals surface area contributed by atoms with Crippen LogP contribution in [-0.2, 0) is 25.6 Å². The molecule has 0 rings (SSSR count). The average Bonchev–Trinajstić information content (AvgIpc) is 2.04. The van der Waals surface area contributed by atoms with E-state index in [1.54, 1.807) is 6.92 Å². The maximum Gasteiger partial charge on any atom is 0.248 e. The first kappa shape index (κ1) is 14.6. The van der Waals surface area contributed by atoms with Gasteiger partial charge in [-0.2, -0.15) is 0 Å². The Balaban J connectivity index is 4.35. The number of rotatable bonds is 7. The van der Waals surface area contributed by atoms with Crippen molar-refractivity contribution in [2.75, 3.05) is 13.2 Å². The predicted molar refractivity (Wildman–Crippen MR) is 65.3 cm³/mol. The van der Waals surface area contributed by atoms with Crippen molar-refractivity contribution < 1.29 is 13.8 Å². The normalized spacial score (nSPS) is 14.0. The Hall–Kier alpha value is 0.590. The molecule has 0 saturated carbocycles. The molecule has 0 aliphatic rings. The van der Waals surface area contributed by atoms with Gasteiger partial charge in [0.2, 0.25) is 5.69 Å². The van der Waals surface area contributed by atoms with E-state index in [1.165, 1.54) is 11.4 Å². The monoisotopic (exact) mass is 256 g/mol. The van der Waals surface area contributed by atoms with Crippen LogP contribution in [0, 0.1) is 0 Å². The Morgan fingerprint density at radius 2 is 1.86 bits per heavy atom. The fraction of sp³-hybridized carbons (Fsp3) is 0.875. The van der Waals surface area contributed by atoms with Crippen molar-refractivity contribution in [3.63, 3.8) is 0 Å². The second kappa shape index (κ2) is 6.96. The van der Waals surface area contributed by atoms with Gasteiger partial charge in [0, 0.05) is 0 Å². The van der Waals surface area contributed by atoms with Gasteiger partial charge in [-0.25, -0.2) is 0 Å². The summed E-state index contributed by atoms with van der Waals surface area (Å²) < 4.78 is 10.8. The van der Waals surface area contributed by atoms with Crippen molar-refractivity contribution in [3.8, 4) is 0 Å². The van der Waals surface area contributed by atoms with Crippen molar-refractivity contribution in [2.24, 2.45) is 0 Å². The van der Waals surface area contributed by atoms with Gasteiger partial charge in [0.25, 0.3) is 0 Å². The number of carbonyl (C=O) groups is 1. The zero-order valence-corrected chi connectivity index (χ0v) is 11.5. The van der Waals surface area contributed by atoms with E-state index in [4.69, 9.17) is 20.9 Å². The molecule has 84 valence electrons. The maximum absolute atomic E-state index is 11.1. The van der Waals surface area contributed by atoms with E-state index in [9.17, 15) is 4.79 Å². The lowest BCUT2D eigenvalue weighted by Gasteiger charge is -2.22. The molecule has 0 bridgehead atoms. The highest BCUT2D eigenvalue weighted by Gasteiger charge is 2.24. The van der Waals surface area contributed by atoms with Gasteiger partial charge in [-0.15, -0.1) is 0 Å². The Kier molecular flexibility index (Phi) is 7.26. The maximum atomic E-state index is 11.1. The van der Waals surface area contributed by atoms with E-state index in [-0.39, 0.29) is 11.0 Å². The van der Waals surface area contributed by atoms with Gasteiger partial charge in [0.1, 0.15) is 5.78 Å².